The first kappa shape index (κ1) is 14.9. The fourth-order valence-electron chi connectivity index (χ4n) is 1.50. The van der Waals surface area contributed by atoms with Crippen LogP contribution in [0.25, 0.3) is 10.4 Å². The van der Waals surface area contributed by atoms with E-state index in [2.05, 4.69) is 14.8 Å². The molecule has 2 atom stereocenters. The lowest BCUT2D eigenvalue weighted by Gasteiger charge is -2.43. The first-order chi connectivity index (χ1) is 8.14. The van der Waals surface area contributed by atoms with Crippen LogP contribution in [0.1, 0.15) is 6.92 Å². The number of azide groups is 1. The second-order valence-electron chi connectivity index (χ2n) is 3.97. The summed E-state index contributed by atoms with van der Waals surface area (Å²) in [5, 5.41) is 3.05. The Kier molecular flexibility index (Phi) is 4.04. The third kappa shape index (κ3) is 2.65. The van der Waals surface area contributed by atoms with Crippen LogP contribution in [0, 0.1) is 0 Å². The number of ether oxygens (including phenoxy) is 2. The summed E-state index contributed by atoms with van der Waals surface area (Å²) in [5.41, 5.74) is 5.22. The zero-order chi connectivity index (χ0) is 14.0. The van der Waals surface area contributed by atoms with Crippen molar-refractivity contribution in [2.75, 3.05) is 19.8 Å². The summed E-state index contributed by atoms with van der Waals surface area (Å²) in [6.45, 7) is -0.864. The van der Waals surface area contributed by atoms with E-state index in [0.29, 0.717) is 6.92 Å². The molecule has 104 valence electrons. The number of hydrogen-bond acceptors (Lipinski definition) is 3. The topological polar surface area (TPSA) is 67.2 Å². The molecule has 10 heteroatoms. The summed E-state index contributed by atoms with van der Waals surface area (Å²) in [7, 11) is 0. The van der Waals surface area contributed by atoms with Gasteiger partial charge in [-0.3, -0.25) is 0 Å². The molecule has 5 nitrogen and oxygen atoms in total. The highest BCUT2D eigenvalue weighted by Gasteiger charge is 2.70. The first-order valence-corrected chi connectivity index (χ1v) is 4.85. The van der Waals surface area contributed by atoms with E-state index >= 15 is 0 Å². The number of alkyl halides is 5. The van der Waals surface area contributed by atoms with Crippen molar-refractivity contribution in [3.63, 3.8) is 0 Å². The minimum atomic E-state index is -5.74. The van der Waals surface area contributed by atoms with Gasteiger partial charge in [0.05, 0.1) is 25.9 Å². The van der Waals surface area contributed by atoms with Gasteiger partial charge in [-0.1, -0.05) is 5.11 Å². The molecule has 1 rings (SSSR count). The molecule has 0 aliphatic carbocycles. The van der Waals surface area contributed by atoms with Crippen LogP contribution in [0.3, 0.4) is 0 Å². The quantitative estimate of drug-likeness (QED) is 0.344. The third-order valence-electron chi connectivity index (χ3n) is 2.48. The van der Waals surface area contributed by atoms with Gasteiger partial charge in [0.2, 0.25) is 0 Å². The molecule has 2 unspecified atom stereocenters. The van der Waals surface area contributed by atoms with Crippen LogP contribution >= 0.6 is 0 Å². The lowest BCUT2D eigenvalue weighted by atomic mass is 9.96. The molecule has 0 radical (unpaired) electrons. The van der Waals surface area contributed by atoms with Crippen molar-refractivity contribution in [2.45, 2.75) is 30.7 Å². The predicted octanol–water partition coefficient (Wildman–Crippen LogP) is 2.67. The Morgan fingerprint density at radius 1 is 1.39 bits per heavy atom. The molecule has 1 aliphatic rings. The molecule has 0 spiro atoms. The van der Waals surface area contributed by atoms with Crippen LogP contribution in [-0.2, 0) is 9.47 Å². The minimum Gasteiger partial charge on any atom is -0.376 e. The van der Waals surface area contributed by atoms with Gasteiger partial charge in [-0.2, -0.15) is 22.0 Å². The maximum Gasteiger partial charge on any atom is 0.456 e. The van der Waals surface area contributed by atoms with Gasteiger partial charge in [-0.25, -0.2) is 0 Å². The Hall–Kier alpha value is -1.12. The average Bonchev–Trinajstić information content (AvgIpc) is 2.25. The summed E-state index contributed by atoms with van der Waals surface area (Å²) in [6.07, 6.45) is -6.88. The van der Waals surface area contributed by atoms with Crippen LogP contribution in [0.2, 0.25) is 0 Å². The molecule has 0 bridgehead atoms. The Morgan fingerprint density at radius 2 is 2.00 bits per heavy atom. The molecule has 0 aromatic heterocycles. The first-order valence-electron chi connectivity index (χ1n) is 4.85. The summed E-state index contributed by atoms with van der Waals surface area (Å²) in [5.74, 6) is -5.06. The lowest BCUT2D eigenvalue weighted by Crippen LogP contribution is -2.63. The van der Waals surface area contributed by atoms with Gasteiger partial charge in [0.15, 0.2) is 5.60 Å². The largest absolute Gasteiger partial charge is 0.456 e. The van der Waals surface area contributed by atoms with E-state index in [-0.39, 0.29) is 13.2 Å². The van der Waals surface area contributed by atoms with Crippen molar-refractivity contribution in [3.8, 4) is 0 Å². The summed E-state index contributed by atoms with van der Waals surface area (Å²) in [4.78, 5) is 2.37. The predicted molar refractivity (Wildman–Crippen MR) is 49.1 cm³/mol. The summed E-state index contributed by atoms with van der Waals surface area (Å²) < 4.78 is 72.7. The van der Waals surface area contributed by atoms with Crippen molar-refractivity contribution >= 4 is 0 Å². The van der Waals surface area contributed by atoms with E-state index in [9.17, 15) is 22.0 Å². The Bertz CT molecular complexity index is 355. The normalized spacial score (nSPS) is 29.8. The fourth-order valence-corrected chi connectivity index (χ4v) is 1.50. The molecule has 0 amide bonds. The highest BCUT2D eigenvalue weighted by atomic mass is 19.4. The van der Waals surface area contributed by atoms with E-state index < -0.39 is 30.4 Å². The van der Waals surface area contributed by atoms with E-state index in [0.717, 1.165) is 0 Å². The molecule has 1 fully saturated rings. The van der Waals surface area contributed by atoms with Crippen molar-refractivity contribution < 1.29 is 31.4 Å². The Balaban J connectivity index is 2.88. The number of halogens is 5. The van der Waals surface area contributed by atoms with Crippen molar-refractivity contribution in [1.29, 1.82) is 0 Å². The van der Waals surface area contributed by atoms with Gasteiger partial charge in [-0.15, -0.1) is 0 Å². The molecule has 0 N–H and O–H groups in total. The summed E-state index contributed by atoms with van der Waals surface area (Å²) >= 11 is 0. The molecule has 0 saturated carbocycles. The van der Waals surface area contributed by atoms with Crippen LogP contribution in [0.15, 0.2) is 5.11 Å². The maximum atomic E-state index is 13.3. The molecular weight excluding hydrogens is 265 g/mol. The highest BCUT2D eigenvalue weighted by molar-refractivity contribution is 4.99. The maximum absolute atomic E-state index is 13.3. The van der Waals surface area contributed by atoms with E-state index in [1.54, 1.807) is 0 Å². The molecule has 18 heavy (non-hydrogen) atoms. The minimum absolute atomic E-state index is 0.206. The Morgan fingerprint density at radius 3 is 2.50 bits per heavy atom. The van der Waals surface area contributed by atoms with Gasteiger partial charge >= 0.3 is 12.1 Å². The van der Waals surface area contributed by atoms with Crippen LogP contribution in [0.4, 0.5) is 22.0 Å². The number of hydrogen-bond donors (Lipinski definition) is 0. The molecule has 1 heterocycles. The van der Waals surface area contributed by atoms with E-state index in [1.807, 2.05) is 0 Å². The van der Waals surface area contributed by atoms with Gasteiger partial charge in [0, 0.05) is 4.91 Å². The van der Waals surface area contributed by atoms with Crippen molar-refractivity contribution in [2.24, 2.45) is 5.11 Å². The van der Waals surface area contributed by atoms with E-state index in [4.69, 9.17) is 10.3 Å². The molecule has 0 aromatic rings. The SMILES string of the molecule is CC1(C(F)(F)C(F)(F)F)COCC(CN=[N+]=[N-])O1. The van der Waals surface area contributed by atoms with Crippen molar-refractivity contribution in [1.82, 2.24) is 0 Å². The van der Waals surface area contributed by atoms with Gasteiger partial charge in [0.25, 0.3) is 0 Å². The molecule has 0 aromatic carbocycles. The zero-order valence-electron chi connectivity index (χ0n) is 9.25. The highest BCUT2D eigenvalue weighted by Crippen LogP contribution is 2.46. The lowest BCUT2D eigenvalue weighted by molar-refractivity contribution is -0.371. The Labute approximate surface area is 98.5 Å². The van der Waals surface area contributed by atoms with Crippen LogP contribution in [0.5, 0.6) is 0 Å². The van der Waals surface area contributed by atoms with Crippen molar-refractivity contribution in [3.05, 3.63) is 10.4 Å². The van der Waals surface area contributed by atoms with Crippen LogP contribution < -0.4 is 0 Å². The van der Waals surface area contributed by atoms with Gasteiger partial charge < -0.3 is 9.47 Å². The third-order valence-corrected chi connectivity index (χ3v) is 2.48. The van der Waals surface area contributed by atoms with E-state index in [1.165, 1.54) is 0 Å². The fraction of sp³-hybridized carbons (Fsp3) is 1.00. The number of nitrogens with zero attached hydrogens (tertiary/aromatic N) is 3. The monoisotopic (exact) mass is 275 g/mol. The number of rotatable bonds is 3. The van der Waals surface area contributed by atoms with Gasteiger partial charge in [0.1, 0.15) is 0 Å². The van der Waals surface area contributed by atoms with Crippen LogP contribution in [-0.4, -0.2) is 43.6 Å². The molecule has 1 saturated heterocycles. The molecular formula is C8H10F5N3O2. The smallest absolute Gasteiger partial charge is 0.376 e. The second kappa shape index (κ2) is 4.87. The zero-order valence-corrected chi connectivity index (χ0v) is 9.25. The average molecular weight is 275 g/mol. The molecule has 1 aliphatic heterocycles. The standard InChI is InChI=1S/C8H10F5N3O2/c1-6(7(9,10)8(11,12)13)4-17-3-5(18-6)2-15-16-14/h5H,2-4H2,1H3. The van der Waals surface area contributed by atoms with Gasteiger partial charge in [-0.05, 0) is 12.5 Å². The summed E-state index contributed by atoms with van der Waals surface area (Å²) in [6, 6.07) is 0. The second-order valence-corrected chi connectivity index (χ2v) is 3.97.